The number of anilines is 1. The van der Waals surface area contributed by atoms with Gasteiger partial charge in [0.05, 0.1) is 12.2 Å². The number of hydrogen-bond donors (Lipinski definition) is 0. The molecule has 1 aliphatic rings. The zero-order valence-electron chi connectivity index (χ0n) is 12.9. The van der Waals surface area contributed by atoms with Gasteiger partial charge in [-0.15, -0.1) is 11.8 Å². The van der Waals surface area contributed by atoms with Crippen molar-refractivity contribution in [2.45, 2.75) is 4.90 Å². The van der Waals surface area contributed by atoms with E-state index < -0.39 is 0 Å². The van der Waals surface area contributed by atoms with E-state index in [9.17, 15) is 0 Å². The van der Waals surface area contributed by atoms with Crippen LogP contribution in [0.2, 0.25) is 0 Å². The Kier molecular flexibility index (Phi) is 4.12. The topological polar surface area (TPSA) is 12.5 Å². The zero-order valence-corrected chi connectivity index (χ0v) is 13.8. The van der Waals surface area contributed by atoms with Gasteiger partial charge in [-0.3, -0.25) is 0 Å². The molecule has 0 saturated heterocycles. The van der Waals surface area contributed by atoms with Gasteiger partial charge in [-0.1, -0.05) is 42.5 Å². The molecule has 3 heteroatoms. The highest BCUT2D eigenvalue weighted by atomic mass is 32.2. The fourth-order valence-electron chi connectivity index (χ4n) is 2.99. The van der Waals surface area contributed by atoms with Crippen LogP contribution in [0.25, 0.3) is 10.8 Å². The Morgan fingerprint density at radius 1 is 0.913 bits per heavy atom. The van der Waals surface area contributed by atoms with E-state index in [-0.39, 0.29) is 0 Å². The SMILES string of the molecule is c1ccc2c(c1)SCCN2CCOc1ccc2ccccc2c1. The van der Waals surface area contributed by atoms with Crippen molar-refractivity contribution in [3.8, 4) is 5.75 Å². The Morgan fingerprint density at radius 3 is 2.70 bits per heavy atom. The number of benzene rings is 3. The molecule has 4 rings (SSSR count). The first-order chi connectivity index (χ1) is 11.4. The van der Waals surface area contributed by atoms with Crippen LogP contribution in [0.1, 0.15) is 0 Å². The monoisotopic (exact) mass is 321 g/mol. The molecule has 3 aromatic rings. The summed E-state index contributed by atoms with van der Waals surface area (Å²) in [7, 11) is 0. The molecule has 0 spiro atoms. The third-order valence-electron chi connectivity index (χ3n) is 4.18. The Balaban J connectivity index is 1.42. The van der Waals surface area contributed by atoms with Crippen molar-refractivity contribution in [1.29, 1.82) is 0 Å². The van der Waals surface area contributed by atoms with E-state index in [1.54, 1.807) is 0 Å². The third kappa shape index (κ3) is 3.15. The summed E-state index contributed by atoms with van der Waals surface area (Å²) in [5.41, 5.74) is 1.34. The van der Waals surface area contributed by atoms with E-state index in [1.807, 2.05) is 11.8 Å². The molecule has 0 radical (unpaired) electrons. The largest absolute Gasteiger partial charge is 0.492 e. The Morgan fingerprint density at radius 2 is 1.74 bits per heavy atom. The number of fused-ring (bicyclic) bond motifs is 2. The lowest BCUT2D eigenvalue weighted by Gasteiger charge is -2.30. The molecular weight excluding hydrogens is 302 g/mol. The molecule has 0 N–H and O–H groups in total. The average molecular weight is 321 g/mol. The van der Waals surface area contributed by atoms with Crippen molar-refractivity contribution in [1.82, 2.24) is 0 Å². The molecule has 1 heterocycles. The van der Waals surface area contributed by atoms with Gasteiger partial charge in [-0.25, -0.2) is 0 Å². The van der Waals surface area contributed by atoms with Crippen molar-refractivity contribution >= 4 is 28.2 Å². The Bertz CT molecular complexity index is 817. The lowest BCUT2D eigenvalue weighted by Crippen LogP contribution is -2.33. The second-order valence-electron chi connectivity index (χ2n) is 5.66. The van der Waals surface area contributed by atoms with Crippen molar-refractivity contribution in [2.24, 2.45) is 0 Å². The van der Waals surface area contributed by atoms with Crippen LogP contribution >= 0.6 is 11.8 Å². The van der Waals surface area contributed by atoms with E-state index in [0.29, 0.717) is 6.61 Å². The van der Waals surface area contributed by atoms with Gasteiger partial charge in [0.2, 0.25) is 0 Å². The first-order valence-corrected chi connectivity index (χ1v) is 8.97. The number of hydrogen-bond acceptors (Lipinski definition) is 3. The minimum Gasteiger partial charge on any atom is -0.492 e. The highest BCUT2D eigenvalue weighted by molar-refractivity contribution is 7.99. The van der Waals surface area contributed by atoms with Crippen LogP contribution in [0.4, 0.5) is 5.69 Å². The number of nitrogens with zero attached hydrogens (tertiary/aromatic N) is 1. The van der Waals surface area contributed by atoms with E-state index in [1.165, 1.54) is 21.4 Å². The molecule has 0 aromatic heterocycles. The van der Waals surface area contributed by atoms with Crippen LogP contribution in [0.3, 0.4) is 0 Å². The molecule has 1 aliphatic heterocycles. The Labute approximate surface area is 141 Å². The van der Waals surface area contributed by atoms with Crippen molar-refractivity contribution in [3.63, 3.8) is 0 Å². The minimum absolute atomic E-state index is 0.706. The van der Waals surface area contributed by atoms with E-state index >= 15 is 0 Å². The van der Waals surface area contributed by atoms with Gasteiger partial charge < -0.3 is 9.64 Å². The second-order valence-corrected chi connectivity index (χ2v) is 6.80. The van der Waals surface area contributed by atoms with Crippen molar-refractivity contribution < 1.29 is 4.74 Å². The van der Waals surface area contributed by atoms with Gasteiger partial charge in [-0.2, -0.15) is 0 Å². The first kappa shape index (κ1) is 14.5. The lowest BCUT2D eigenvalue weighted by molar-refractivity contribution is 0.324. The maximum absolute atomic E-state index is 5.98. The van der Waals surface area contributed by atoms with Crippen molar-refractivity contribution in [3.05, 3.63) is 66.7 Å². The lowest BCUT2D eigenvalue weighted by atomic mass is 10.1. The van der Waals surface area contributed by atoms with Gasteiger partial charge >= 0.3 is 0 Å². The van der Waals surface area contributed by atoms with Crippen LogP contribution in [-0.2, 0) is 0 Å². The highest BCUT2D eigenvalue weighted by Crippen LogP contribution is 2.34. The van der Waals surface area contributed by atoms with Gasteiger partial charge in [0.25, 0.3) is 0 Å². The molecule has 3 aromatic carbocycles. The third-order valence-corrected chi connectivity index (χ3v) is 5.22. The van der Waals surface area contributed by atoms with Crippen LogP contribution in [0.15, 0.2) is 71.6 Å². The molecule has 0 aliphatic carbocycles. The molecule has 0 atom stereocenters. The summed E-state index contributed by atoms with van der Waals surface area (Å²) < 4.78 is 5.98. The van der Waals surface area contributed by atoms with Crippen LogP contribution in [-0.4, -0.2) is 25.4 Å². The summed E-state index contributed by atoms with van der Waals surface area (Å²) in [5.74, 6) is 2.09. The van der Waals surface area contributed by atoms with Gasteiger partial charge in [-0.05, 0) is 35.0 Å². The predicted octanol–water partition coefficient (Wildman–Crippen LogP) is 4.83. The van der Waals surface area contributed by atoms with Crippen molar-refractivity contribution in [2.75, 3.05) is 30.3 Å². The summed E-state index contributed by atoms with van der Waals surface area (Å²) in [4.78, 5) is 3.80. The van der Waals surface area contributed by atoms with Crippen LogP contribution in [0.5, 0.6) is 5.75 Å². The average Bonchev–Trinajstić information content (AvgIpc) is 2.62. The molecule has 0 saturated carbocycles. The fraction of sp³-hybridized carbons (Fsp3) is 0.200. The maximum Gasteiger partial charge on any atom is 0.120 e. The molecule has 0 fully saturated rings. The molecular formula is C20H19NOS. The molecule has 23 heavy (non-hydrogen) atoms. The van der Waals surface area contributed by atoms with Gasteiger partial charge in [0.1, 0.15) is 12.4 Å². The molecule has 0 bridgehead atoms. The number of rotatable bonds is 4. The van der Waals surface area contributed by atoms with Crippen LogP contribution < -0.4 is 9.64 Å². The van der Waals surface area contributed by atoms with Gasteiger partial charge in [0.15, 0.2) is 0 Å². The number of ether oxygens (including phenoxy) is 1. The summed E-state index contributed by atoms with van der Waals surface area (Å²) in [6, 6.07) is 23.3. The summed E-state index contributed by atoms with van der Waals surface area (Å²) in [6.07, 6.45) is 0. The standard InChI is InChI=1S/C20H19NOS/c1-2-6-17-15-18(10-9-16(17)5-1)22-13-11-21-12-14-23-20-8-4-3-7-19(20)21/h1-10,15H,11-14H2. The van der Waals surface area contributed by atoms with E-state index in [4.69, 9.17) is 4.74 Å². The van der Waals surface area contributed by atoms with E-state index in [2.05, 4.69) is 71.6 Å². The fourth-order valence-corrected chi connectivity index (χ4v) is 4.04. The Hall–Kier alpha value is -2.13. The molecule has 116 valence electrons. The normalized spacial score (nSPS) is 13.8. The summed E-state index contributed by atoms with van der Waals surface area (Å²) in [5, 5.41) is 2.48. The number of thioether (sulfide) groups is 1. The minimum atomic E-state index is 0.706. The van der Waals surface area contributed by atoms with Gasteiger partial charge in [0, 0.05) is 17.2 Å². The molecule has 0 unspecified atom stereocenters. The maximum atomic E-state index is 5.98. The smallest absolute Gasteiger partial charge is 0.120 e. The quantitative estimate of drug-likeness (QED) is 0.683. The zero-order chi connectivity index (χ0) is 15.5. The summed E-state index contributed by atoms with van der Waals surface area (Å²) >= 11 is 1.94. The highest BCUT2D eigenvalue weighted by Gasteiger charge is 2.16. The van der Waals surface area contributed by atoms with E-state index in [0.717, 1.165) is 24.6 Å². The number of para-hydroxylation sites is 1. The second kappa shape index (κ2) is 6.55. The molecule has 0 amide bonds. The summed E-state index contributed by atoms with van der Waals surface area (Å²) in [6.45, 7) is 2.71. The first-order valence-electron chi connectivity index (χ1n) is 7.98. The molecule has 2 nitrogen and oxygen atoms in total. The predicted molar refractivity (Wildman–Crippen MR) is 98.8 cm³/mol. The van der Waals surface area contributed by atoms with Crippen LogP contribution in [0, 0.1) is 0 Å².